The van der Waals surface area contributed by atoms with E-state index < -0.39 is 5.41 Å². The maximum absolute atomic E-state index is 7.04. The zero-order valence-corrected chi connectivity index (χ0v) is 27.1. The Labute approximate surface area is 294 Å². The molecule has 0 aliphatic carbocycles. The SMILES string of the molecule is c1ccc2c(c1)N=C1C2c2ccccc2N1c1cc2c3c(c1)Oc1cccc4c1B3c1c(cccc1C41c3ccccc3Oc3ccccc31)O2. The van der Waals surface area contributed by atoms with E-state index in [1.165, 1.54) is 33.2 Å². The fourth-order valence-electron chi connectivity index (χ4n) is 10.1. The Hall–Kier alpha value is -6.53. The van der Waals surface area contributed by atoms with Gasteiger partial charge in [-0.3, -0.25) is 4.90 Å². The first-order valence-electron chi connectivity index (χ1n) is 17.5. The summed E-state index contributed by atoms with van der Waals surface area (Å²) in [4.78, 5) is 7.51. The summed E-state index contributed by atoms with van der Waals surface area (Å²) >= 11 is 0. The average molecular weight is 653 g/mol. The van der Waals surface area contributed by atoms with Crippen molar-refractivity contribution in [3.63, 3.8) is 0 Å². The summed E-state index contributed by atoms with van der Waals surface area (Å²) in [7, 11) is 0. The van der Waals surface area contributed by atoms with E-state index in [1.54, 1.807) is 0 Å². The van der Waals surface area contributed by atoms with Gasteiger partial charge in [0.15, 0.2) is 0 Å². The van der Waals surface area contributed by atoms with E-state index in [0.29, 0.717) is 0 Å². The van der Waals surface area contributed by atoms with E-state index in [1.807, 2.05) is 0 Å². The number of para-hydroxylation sites is 4. The van der Waals surface area contributed by atoms with E-state index >= 15 is 0 Å². The van der Waals surface area contributed by atoms with Crippen molar-refractivity contribution < 1.29 is 14.2 Å². The molecule has 1 atom stereocenters. The third kappa shape index (κ3) is 3.02. The topological polar surface area (TPSA) is 43.3 Å². The number of fused-ring (bicyclic) bond motifs is 11. The number of benzene rings is 7. The van der Waals surface area contributed by atoms with Crippen molar-refractivity contribution in [3.05, 3.63) is 179 Å². The van der Waals surface area contributed by atoms with Gasteiger partial charge in [-0.15, -0.1) is 0 Å². The molecule has 6 aliphatic rings. The molecule has 0 saturated heterocycles. The summed E-state index contributed by atoms with van der Waals surface area (Å²) in [5, 5.41) is 0. The fraction of sp³-hybridized carbons (Fsp3) is 0.0444. The second-order valence-corrected chi connectivity index (χ2v) is 14.1. The van der Waals surface area contributed by atoms with E-state index in [2.05, 4.69) is 150 Å². The van der Waals surface area contributed by atoms with Gasteiger partial charge in [0.2, 0.25) is 0 Å². The van der Waals surface area contributed by atoms with Gasteiger partial charge in [0, 0.05) is 28.7 Å². The number of anilines is 2. The maximum Gasteiger partial charge on any atom is 0.261 e. The molecule has 6 heterocycles. The molecule has 13 rings (SSSR count). The van der Waals surface area contributed by atoms with Gasteiger partial charge in [-0.25, -0.2) is 4.99 Å². The van der Waals surface area contributed by atoms with Gasteiger partial charge < -0.3 is 14.2 Å². The molecule has 6 heteroatoms. The monoisotopic (exact) mass is 652 g/mol. The van der Waals surface area contributed by atoms with Gasteiger partial charge in [-0.1, -0.05) is 97.1 Å². The van der Waals surface area contributed by atoms with Crippen molar-refractivity contribution in [1.82, 2.24) is 0 Å². The maximum atomic E-state index is 7.04. The molecule has 7 aromatic carbocycles. The summed E-state index contributed by atoms with van der Waals surface area (Å²) < 4.78 is 20.7. The molecular weight excluding hydrogens is 627 g/mol. The van der Waals surface area contributed by atoms with E-state index in [-0.39, 0.29) is 12.6 Å². The molecule has 0 amide bonds. The number of hydrogen-bond donors (Lipinski definition) is 0. The lowest BCUT2D eigenvalue weighted by atomic mass is 9.29. The molecule has 0 radical (unpaired) electrons. The number of amidine groups is 1. The van der Waals surface area contributed by atoms with E-state index in [0.717, 1.165) is 74.0 Å². The quantitative estimate of drug-likeness (QED) is 0.167. The summed E-state index contributed by atoms with van der Waals surface area (Å²) in [5.41, 5.74) is 13.1. The van der Waals surface area contributed by atoms with Crippen LogP contribution in [-0.2, 0) is 5.41 Å². The Morgan fingerprint density at radius 2 is 1.02 bits per heavy atom. The van der Waals surface area contributed by atoms with Gasteiger partial charge in [-0.05, 0) is 69.6 Å². The lowest BCUT2D eigenvalue weighted by Gasteiger charge is -2.49. The van der Waals surface area contributed by atoms with Crippen LogP contribution in [0.15, 0.2) is 151 Å². The van der Waals surface area contributed by atoms with Crippen molar-refractivity contribution in [3.8, 4) is 34.5 Å². The number of hydrogen-bond acceptors (Lipinski definition) is 5. The zero-order chi connectivity index (χ0) is 33.0. The second-order valence-electron chi connectivity index (χ2n) is 14.1. The second kappa shape index (κ2) is 8.98. The van der Waals surface area contributed by atoms with Crippen molar-refractivity contribution in [1.29, 1.82) is 0 Å². The minimum Gasteiger partial charge on any atom is -0.458 e. The summed E-state index contributed by atoms with van der Waals surface area (Å²) in [6, 6.07) is 51.6. The van der Waals surface area contributed by atoms with Gasteiger partial charge in [0.1, 0.15) is 40.3 Å². The molecule has 7 aromatic rings. The molecule has 0 N–H and O–H groups in total. The van der Waals surface area contributed by atoms with Crippen LogP contribution in [0.2, 0.25) is 0 Å². The molecule has 0 aromatic heterocycles. The molecule has 0 saturated carbocycles. The Morgan fingerprint density at radius 3 is 1.71 bits per heavy atom. The molecule has 5 nitrogen and oxygen atoms in total. The van der Waals surface area contributed by atoms with Crippen LogP contribution in [0.1, 0.15) is 39.3 Å². The van der Waals surface area contributed by atoms with Gasteiger partial charge >= 0.3 is 0 Å². The predicted molar refractivity (Wildman–Crippen MR) is 200 cm³/mol. The predicted octanol–water partition coefficient (Wildman–Crippen LogP) is 8.54. The van der Waals surface area contributed by atoms with E-state index in [9.17, 15) is 0 Å². The van der Waals surface area contributed by atoms with Crippen LogP contribution in [0.5, 0.6) is 34.5 Å². The number of aliphatic imine (C=N–C) groups is 1. The highest BCUT2D eigenvalue weighted by Crippen LogP contribution is 2.58. The Balaban J connectivity index is 1.07. The minimum atomic E-state index is -0.621. The largest absolute Gasteiger partial charge is 0.458 e. The zero-order valence-electron chi connectivity index (χ0n) is 27.1. The van der Waals surface area contributed by atoms with Gasteiger partial charge in [0.25, 0.3) is 6.71 Å². The molecule has 236 valence electrons. The first kappa shape index (κ1) is 26.4. The highest BCUT2D eigenvalue weighted by Gasteiger charge is 2.57. The number of ether oxygens (including phenoxy) is 3. The summed E-state index contributed by atoms with van der Waals surface area (Å²) in [6.07, 6.45) is 0. The lowest BCUT2D eigenvalue weighted by molar-refractivity contribution is 0.431. The average Bonchev–Trinajstić information content (AvgIpc) is 3.71. The number of nitrogens with zero attached hydrogens (tertiary/aromatic N) is 2. The van der Waals surface area contributed by atoms with Crippen LogP contribution in [0, 0.1) is 0 Å². The molecular formula is C45H25BN2O3. The lowest BCUT2D eigenvalue weighted by Crippen LogP contribution is -2.65. The van der Waals surface area contributed by atoms with Crippen LogP contribution in [0.4, 0.5) is 17.1 Å². The Bertz CT molecular complexity index is 2660. The Kier molecular flexibility index (Phi) is 4.64. The standard InChI is InChI=1S/C45H25BN2O3/c1-5-17-32-26(11-1)40-27-12-2-6-18-33(27)48(44(40)47-32)25-23-38-43-39(24-25)51-37-22-10-16-31-42(37)46(43)41-30(15-9-21-36(41)50-38)45(31)28-13-3-7-19-34(28)49-35-20-8-4-14-29(35)45/h1-24,40H. The highest BCUT2D eigenvalue weighted by molar-refractivity contribution is 6.99. The molecule has 1 unspecified atom stereocenters. The Morgan fingerprint density at radius 1 is 0.490 bits per heavy atom. The molecule has 0 bridgehead atoms. The van der Waals surface area contributed by atoms with Crippen molar-refractivity contribution in [2.24, 2.45) is 4.99 Å². The van der Waals surface area contributed by atoms with Crippen LogP contribution < -0.4 is 35.5 Å². The summed E-state index contributed by atoms with van der Waals surface area (Å²) in [6.45, 7) is -0.0524. The van der Waals surface area contributed by atoms with Crippen LogP contribution in [-0.4, -0.2) is 12.5 Å². The van der Waals surface area contributed by atoms with E-state index in [4.69, 9.17) is 19.2 Å². The highest BCUT2D eigenvalue weighted by atomic mass is 16.5. The third-order valence-electron chi connectivity index (χ3n) is 11.9. The van der Waals surface area contributed by atoms with Crippen LogP contribution >= 0.6 is 0 Å². The van der Waals surface area contributed by atoms with Crippen LogP contribution in [0.25, 0.3) is 0 Å². The molecule has 6 aliphatic heterocycles. The minimum absolute atomic E-state index is 0.0524. The van der Waals surface area contributed by atoms with Gasteiger partial charge in [0.05, 0.1) is 28.4 Å². The van der Waals surface area contributed by atoms with Gasteiger partial charge in [-0.2, -0.15) is 0 Å². The normalized spacial score (nSPS) is 17.5. The molecule has 0 fully saturated rings. The smallest absolute Gasteiger partial charge is 0.261 e. The first-order valence-corrected chi connectivity index (χ1v) is 17.5. The first-order chi connectivity index (χ1) is 25.3. The fourth-order valence-corrected chi connectivity index (χ4v) is 10.1. The molecule has 1 spiro atoms. The van der Waals surface area contributed by atoms with Crippen molar-refractivity contribution in [2.45, 2.75) is 11.3 Å². The molecule has 51 heavy (non-hydrogen) atoms. The third-order valence-corrected chi connectivity index (χ3v) is 11.9. The van der Waals surface area contributed by atoms with Crippen molar-refractivity contribution >= 4 is 46.0 Å². The van der Waals surface area contributed by atoms with Crippen LogP contribution in [0.3, 0.4) is 0 Å². The summed E-state index contributed by atoms with van der Waals surface area (Å²) in [5.74, 6) is 6.21. The number of rotatable bonds is 1. The van der Waals surface area contributed by atoms with Crippen molar-refractivity contribution in [2.75, 3.05) is 4.90 Å².